The molecule has 1 N–H and O–H groups in total. The fourth-order valence-corrected chi connectivity index (χ4v) is 5.10. The van der Waals surface area contributed by atoms with Crippen molar-refractivity contribution < 1.29 is 4.74 Å². The number of aliphatic imine (C=N–C) groups is 1. The Bertz CT molecular complexity index is 977. The number of aromatic nitrogens is 2. The number of rotatable bonds is 5. The van der Waals surface area contributed by atoms with E-state index in [1.54, 1.807) is 11.3 Å². The van der Waals surface area contributed by atoms with Gasteiger partial charge in [-0.2, -0.15) is 0 Å². The lowest BCUT2D eigenvalue weighted by Gasteiger charge is -2.36. The average Bonchev–Trinajstić information content (AvgIpc) is 3.47. The van der Waals surface area contributed by atoms with Gasteiger partial charge in [0.2, 0.25) is 0 Å². The fourth-order valence-electron chi connectivity index (χ4n) is 4.38. The van der Waals surface area contributed by atoms with Gasteiger partial charge in [0.15, 0.2) is 10.9 Å². The van der Waals surface area contributed by atoms with Crippen LogP contribution in [0.25, 0.3) is 4.96 Å². The van der Waals surface area contributed by atoms with Crippen LogP contribution in [-0.2, 0) is 17.8 Å². The first kappa shape index (κ1) is 22.5. The fraction of sp³-hybridized carbons (Fsp3) is 0.455. The van der Waals surface area contributed by atoms with E-state index < -0.39 is 0 Å². The third-order valence-electron chi connectivity index (χ3n) is 5.81. The highest BCUT2D eigenvalue weighted by Gasteiger charge is 2.41. The van der Waals surface area contributed by atoms with Crippen molar-refractivity contribution in [2.75, 3.05) is 32.8 Å². The molecule has 3 aromatic rings. The van der Waals surface area contributed by atoms with E-state index >= 15 is 0 Å². The highest BCUT2D eigenvalue weighted by molar-refractivity contribution is 14.0. The number of hydrogen-bond acceptors (Lipinski definition) is 5. The monoisotopic (exact) mass is 552 g/mol. The van der Waals surface area contributed by atoms with Crippen molar-refractivity contribution >= 4 is 46.2 Å². The Labute approximate surface area is 204 Å². The predicted molar refractivity (Wildman–Crippen MR) is 135 cm³/mol. The number of fused-ring (bicyclic) bond motifs is 2. The van der Waals surface area contributed by atoms with Gasteiger partial charge >= 0.3 is 0 Å². The second kappa shape index (κ2) is 10.3. The molecule has 2 aromatic heterocycles. The molecule has 0 radical (unpaired) electrons. The van der Waals surface area contributed by atoms with Gasteiger partial charge in [-0.05, 0) is 12.5 Å². The molecule has 166 valence electrons. The minimum Gasteiger partial charge on any atom is -0.373 e. The van der Waals surface area contributed by atoms with Crippen molar-refractivity contribution in [1.82, 2.24) is 24.5 Å². The van der Waals surface area contributed by atoms with E-state index in [9.17, 15) is 0 Å². The standard InChI is InChI=1S/C22H28N6OS.HI/c1-2-23-21(24-12-18-14-27-9-11-30-22(27)25-18)28-15-19-20(16-28)29-10-8-26(19)13-17-6-4-3-5-7-17;/h3-7,9,11,14,19-20H,2,8,10,12-13,15-16H2,1H3,(H,23,24);1H. The largest absolute Gasteiger partial charge is 0.373 e. The van der Waals surface area contributed by atoms with E-state index in [1.165, 1.54) is 5.56 Å². The molecule has 2 aliphatic heterocycles. The zero-order valence-electron chi connectivity index (χ0n) is 17.7. The molecule has 1 aromatic carbocycles. The first-order valence-corrected chi connectivity index (χ1v) is 11.5. The van der Waals surface area contributed by atoms with Gasteiger partial charge in [0, 0.05) is 50.5 Å². The number of benzene rings is 1. The number of halogens is 1. The number of nitrogens with one attached hydrogen (secondary N) is 1. The summed E-state index contributed by atoms with van der Waals surface area (Å²) in [5.74, 6) is 0.950. The van der Waals surface area contributed by atoms with Gasteiger partial charge < -0.3 is 15.0 Å². The van der Waals surface area contributed by atoms with Crippen LogP contribution in [0.4, 0.5) is 0 Å². The number of thiazole rings is 1. The van der Waals surface area contributed by atoms with Gasteiger partial charge in [0.05, 0.1) is 31.0 Å². The number of imidazole rings is 1. The molecule has 2 unspecified atom stereocenters. The van der Waals surface area contributed by atoms with Crippen molar-refractivity contribution in [3.63, 3.8) is 0 Å². The van der Waals surface area contributed by atoms with Gasteiger partial charge in [-0.25, -0.2) is 9.98 Å². The number of nitrogens with zero attached hydrogens (tertiary/aromatic N) is 5. The lowest BCUT2D eigenvalue weighted by molar-refractivity contribution is -0.0502. The van der Waals surface area contributed by atoms with Crippen LogP contribution in [0.15, 0.2) is 53.1 Å². The van der Waals surface area contributed by atoms with Gasteiger partial charge in [0.25, 0.3) is 0 Å². The molecule has 5 rings (SSSR count). The highest BCUT2D eigenvalue weighted by Crippen LogP contribution is 2.25. The molecule has 31 heavy (non-hydrogen) atoms. The molecule has 2 fully saturated rings. The van der Waals surface area contributed by atoms with Crippen molar-refractivity contribution in [2.45, 2.75) is 32.2 Å². The second-order valence-electron chi connectivity index (χ2n) is 7.83. The van der Waals surface area contributed by atoms with Crippen LogP contribution >= 0.6 is 35.3 Å². The SMILES string of the molecule is CCNC(=NCc1cn2ccsc2n1)N1CC2OCCN(Cc3ccccc3)C2C1.I. The van der Waals surface area contributed by atoms with E-state index in [4.69, 9.17) is 9.73 Å². The average molecular weight is 552 g/mol. The molecule has 2 saturated heterocycles. The quantitative estimate of drug-likeness (QED) is 0.300. The van der Waals surface area contributed by atoms with Gasteiger partial charge in [-0.3, -0.25) is 9.30 Å². The minimum absolute atomic E-state index is 0. The zero-order valence-corrected chi connectivity index (χ0v) is 20.8. The second-order valence-corrected chi connectivity index (χ2v) is 8.71. The zero-order chi connectivity index (χ0) is 20.3. The maximum atomic E-state index is 6.14. The maximum absolute atomic E-state index is 6.14. The van der Waals surface area contributed by atoms with Crippen molar-refractivity contribution in [3.8, 4) is 0 Å². The summed E-state index contributed by atoms with van der Waals surface area (Å²) in [6.45, 7) is 8.09. The van der Waals surface area contributed by atoms with Crippen LogP contribution in [0.5, 0.6) is 0 Å². The van der Waals surface area contributed by atoms with Crippen LogP contribution < -0.4 is 5.32 Å². The topological polar surface area (TPSA) is 57.4 Å². The predicted octanol–water partition coefficient (Wildman–Crippen LogP) is 3.06. The minimum atomic E-state index is 0. The van der Waals surface area contributed by atoms with Crippen molar-refractivity contribution in [1.29, 1.82) is 0 Å². The van der Waals surface area contributed by atoms with Crippen molar-refractivity contribution in [2.24, 2.45) is 4.99 Å². The van der Waals surface area contributed by atoms with Crippen LogP contribution in [0.2, 0.25) is 0 Å². The molecular formula is C22H29IN6OS. The maximum Gasteiger partial charge on any atom is 0.194 e. The summed E-state index contributed by atoms with van der Waals surface area (Å²) in [6.07, 6.45) is 4.33. The first-order valence-electron chi connectivity index (χ1n) is 10.6. The third kappa shape index (κ3) is 5.05. The Morgan fingerprint density at radius 1 is 1.29 bits per heavy atom. The van der Waals surface area contributed by atoms with Gasteiger partial charge in [-0.1, -0.05) is 30.3 Å². The Kier molecular flexibility index (Phi) is 7.47. The van der Waals surface area contributed by atoms with Crippen LogP contribution in [-0.4, -0.2) is 70.1 Å². The number of morpholine rings is 1. The molecule has 0 amide bonds. The summed E-state index contributed by atoms with van der Waals surface area (Å²) < 4.78 is 8.20. The molecule has 0 bridgehead atoms. The molecule has 9 heteroatoms. The summed E-state index contributed by atoms with van der Waals surface area (Å²) in [7, 11) is 0. The van der Waals surface area contributed by atoms with Gasteiger partial charge in [-0.15, -0.1) is 35.3 Å². The summed E-state index contributed by atoms with van der Waals surface area (Å²) in [4.78, 5) is 15.5. The third-order valence-corrected chi connectivity index (χ3v) is 6.58. The Morgan fingerprint density at radius 3 is 2.97 bits per heavy atom. The van der Waals surface area contributed by atoms with Crippen LogP contribution in [0.1, 0.15) is 18.2 Å². The first-order chi connectivity index (χ1) is 14.8. The summed E-state index contributed by atoms with van der Waals surface area (Å²) in [5.41, 5.74) is 2.35. The van der Waals surface area contributed by atoms with E-state index in [0.29, 0.717) is 12.6 Å². The summed E-state index contributed by atoms with van der Waals surface area (Å²) in [6, 6.07) is 11.1. The Morgan fingerprint density at radius 2 is 2.16 bits per heavy atom. The summed E-state index contributed by atoms with van der Waals surface area (Å²) >= 11 is 1.65. The molecule has 2 aliphatic rings. The Hall–Kier alpha value is -1.69. The molecule has 7 nitrogen and oxygen atoms in total. The highest BCUT2D eigenvalue weighted by atomic mass is 127. The molecule has 0 saturated carbocycles. The van der Waals surface area contributed by atoms with Crippen LogP contribution in [0, 0.1) is 0 Å². The van der Waals surface area contributed by atoms with E-state index in [2.05, 4.69) is 68.0 Å². The summed E-state index contributed by atoms with van der Waals surface area (Å²) in [5, 5.41) is 5.51. The van der Waals surface area contributed by atoms with Crippen LogP contribution in [0.3, 0.4) is 0 Å². The van der Waals surface area contributed by atoms with E-state index in [0.717, 1.165) is 55.9 Å². The normalized spacial score (nSPS) is 21.8. The molecule has 2 atom stereocenters. The lowest BCUT2D eigenvalue weighted by Crippen LogP contribution is -2.50. The molecular weight excluding hydrogens is 523 g/mol. The van der Waals surface area contributed by atoms with E-state index in [-0.39, 0.29) is 30.1 Å². The van der Waals surface area contributed by atoms with E-state index in [1.807, 2.05) is 11.6 Å². The van der Waals surface area contributed by atoms with Gasteiger partial charge in [0.1, 0.15) is 0 Å². The molecule has 0 aliphatic carbocycles. The number of ether oxygens (including phenoxy) is 1. The number of likely N-dealkylation sites (tertiary alicyclic amines) is 1. The molecule has 0 spiro atoms. The lowest BCUT2D eigenvalue weighted by atomic mass is 10.1. The molecule has 4 heterocycles. The smallest absolute Gasteiger partial charge is 0.194 e. The van der Waals surface area contributed by atoms with Crippen molar-refractivity contribution in [3.05, 3.63) is 59.4 Å². The Balaban J connectivity index is 0.00000231. The number of hydrogen-bond donors (Lipinski definition) is 1. The number of guanidine groups is 1.